The number of pyridine rings is 1. The summed E-state index contributed by atoms with van der Waals surface area (Å²) >= 11 is 0. The van der Waals surface area contributed by atoms with E-state index in [9.17, 15) is 0 Å². The Labute approximate surface area is 297 Å². The zero-order valence-corrected chi connectivity index (χ0v) is 28.3. The molecule has 10 rings (SSSR count). The highest BCUT2D eigenvalue weighted by atomic mass is 15.0. The summed E-state index contributed by atoms with van der Waals surface area (Å²) in [6.45, 7) is 4.08. The van der Waals surface area contributed by atoms with Gasteiger partial charge in [-0.1, -0.05) is 146 Å². The first-order valence-electron chi connectivity index (χ1n) is 17.4. The Kier molecular flexibility index (Phi) is 6.49. The fourth-order valence-electron chi connectivity index (χ4n) is 8.46. The van der Waals surface area contributed by atoms with Gasteiger partial charge in [0.05, 0.1) is 5.41 Å². The molecule has 0 fully saturated rings. The topological polar surface area (TPSA) is 51.6 Å². The number of benzene rings is 6. The Morgan fingerprint density at radius 1 is 0.333 bits per heavy atom. The van der Waals surface area contributed by atoms with Crippen molar-refractivity contribution in [3.8, 4) is 67.5 Å². The molecule has 8 aromatic rings. The monoisotopic (exact) mass is 652 g/mol. The van der Waals surface area contributed by atoms with Crippen molar-refractivity contribution >= 4 is 0 Å². The van der Waals surface area contributed by atoms with Crippen molar-refractivity contribution in [2.75, 3.05) is 0 Å². The first-order chi connectivity index (χ1) is 25.1. The van der Waals surface area contributed by atoms with Crippen LogP contribution in [-0.2, 0) is 5.41 Å². The Bertz CT molecular complexity index is 2610. The van der Waals surface area contributed by atoms with Gasteiger partial charge in [0.25, 0.3) is 0 Å². The number of fused-ring (bicyclic) bond motifs is 10. The van der Waals surface area contributed by atoms with Gasteiger partial charge in [0.15, 0.2) is 17.5 Å². The highest BCUT2D eigenvalue weighted by molar-refractivity contribution is 5.95. The molecule has 6 aromatic carbocycles. The van der Waals surface area contributed by atoms with Crippen LogP contribution in [0.2, 0.25) is 0 Å². The largest absolute Gasteiger partial charge is 0.258 e. The van der Waals surface area contributed by atoms with Crippen molar-refractivity contribution in [3.63, 3.8) is 0 Å². The predicted molar refractivity (Wildman–Crippen MR) is 205 cm³/mol. The van der Waals surface area contributed by atoms with Crippen molar-refractivity contribution in [1.82, 2.24) is 19.9 Å². The van der Waals surface area contributed by atoms with Crippen LogP contribution in [-0.4, -0.2) is 19.9 Å². The number of aromatic nitrogens is 4. The van der Waals surface area contributed by atoms with Crippen molar-refractivity contribution in [2.24, 2.45) is 0 Å². The van der Waals surface area contributed by atoms with E-state index >= 15 is 0 Å². The number of nitrogens with zero attached hydrogens (tertiary/aromatic N) is 4. The molecule has 2 heterocycles. The standard InChI is InChI=1S/C47H32N4/c1-29-24-26-33(30(2)48-29)34-16-6-7-20-39(34)46-50-44(31-14-4-3-5-15-31)49-45(51-46)32-25-27-38-37-19-10-13-23-42(37)47(43(38)28-32)40-21-11-8-17-35(40)36-18-9-12-22-41(36)47/h3-28H,1-2H3. The lowest BCUT2D eigenvalue weighted by Gasteiger charge is -2.30. The molecule has 4 nitrogen and oxygen atoms in total. The molecule has 0 radical (unpaired) electrons. The van der Waals surface area contributed by atoms with Gasteiger partial charge < -0.3 is 0 Å². The van der Waals surface area contributed by atoms with Crippen LogP contribution in [0.3, 0.4) is 0 Å². The molecule has 0 saturated heterocycles. The molecule has 0 N–H and O–H groups in total. The molecule has 0 atom stereocenters. The van der Waals surface area contributed by atoms with Crippen LogP contribution in [0.5, 0.6) is 0 Å². The summed E-state index contributed by atoms with van der Waals surface area (Å²) in [6.07, 6.45) is 0. The van der Waals surface area contributed by atoms with Gasteiger partial charge in [0, 0.05) is 33.6 Å². The highest BCUT2D eigenvalue weighted by Crippen LogP contribution is 2.63. The molecule has 1 spiro atoms. The first kappa shape index (κ1) is 29.4. The van der Waals surface area contributed by atoms with Gasteiger partial charge >= 0.3 is 0 Å². The maximum Gasteiger partial charge on any atom is 0.164 e. The molecule has 0 amide bonds. The van der Waals surface area contributed by atoms with Crippen molar-refractivity contribution in [2.45, 2.75) is 19.3 Å². The summed E-state index contributed by atoms with van der Waals surface area (Å²) in [5.41, 5.74) is 16.7. The third-order valence-electron chi connectivity index (χ3n) is 10.6. The molecule has 2 aliphatic rings. The van der Waals surface area contributed by atoms with Gasteiger partial charge in [-0.2, -0.15) is 0 Å². The highest BCUT2D eigenvalue weighted by Gasteiger charge is 2.51. The Morgan fingerprint density at radius 2 is 0.804 bits per heavy atom. The summed E-state index contributed by atoms with van der Waals surface area (Å²) in [7, 11) is 0. The minimum absolute atomic E-state index is 0.449. The molecule has 0 unspecified atom stereocenters. The average Bonchev–Trinajstić information content (AvgIpc) is 3.65. The quantitative estimate of drug-likeness (QED) is 0.190. The Morgan fingerprint density at radius 3 is 1.41 bits per heavy atom. The van der Waals surface area contributed by atoms with Crippen molar-refractivity contribution in [3.05, 3.63) is 191 Å². The van der Waals surface area contributed by atoms with Crippen LogP contribution in [0, 0.1) is 13.8 Å². The van der Waals surface area contributed by atoms with Gasteiger partial charge in [-0.25, -0.2) is 15.0 Å². The number of hydrogen-bond donors (Lipinski definition) is 0. The second-order valence-corrected chi connectivity index (χ2v) is 13.5. The molecule has 0 aliphatic heterocycles. The number of aryl methyl sites for hydroxylation is 2. The maximum atomic E-state index is 5.27. The normalized spacial score (nSPS) is 13.1. The van der Waals surface area contributed by atoms with Gasteiger partial charge in [0.2, 0.25) is 0 Å². The van der Waals surface area contributed by atoms with E-state index in [0.717, 1.165) is 39.2 Å². The molecular weight excluding hydrogens is 621 g/mol. The van der Waals surface area contributed by atoms with Crippen LogP contribution in [0.25, 0.3) is 67.5 Å². The van der Waals surface area contributed by atoms with Crippen molar-refractivity contribution in [1.29, 1.82) is 0 Å². The second-order valence-electron chi connectivity index (χ2n) is 13.5. The first-order valence-corrected chi connectivity index (χ1v) is 17.4. The summed E-state index contributed by atoms with van der Waals surface area (Å²) in [5.74, 6) is 1.91. The third kappa shape index (κ3) is 4.33. The Hall–Kier alpha value is -6.52. The lowest BCUT2D eigenvalue weighted by atomic mass is 9.70. The van der Waals surface area contributed by atoms with Gasteiger partial charge in [-0.15, -0.1) is 0 Å². The fraction of sp³-hybridized carbons (Fsp3) is 0.0638. The van der Waals surface area contributed by atoms with Gasteiger partial charge in [-0.3, -0.25) is 4.98 Å². The molecule has 2 aromatic heterocycles. The van der Waals surface area contributed by atoms with Crippen molar-refractivity contribution < 1.29 is 0 Å². The lowest BCUT2D eigenvalue weighted by Crippen LogP contribution is -2.25. The molecule has 4 heteroatoms. The molecule has 240 valence electrons. The molecule has 51 heavy (non-hydrogen) atoms. The third-order valence-corrected chi connectivity index (χ3v) is 10.6. The summed E-state index contributed by atoms with van der Waals surface area (Å²) in [6, 6.07) is 56.2. The summed E-state index contributed by atoms with van der Waals surface area (Å²) < 4.78 is 0. The van der Waals surface area contributed by atoms with E-state index in [1.54, 1.807) is 0 Å². The summed E-state index contributed by atoms with van der Waals surface area (Å²) in [4.78, 5) is 20.3. The van der Waals surface area contributed by atoms with E-state index in [4.69, 9.17) is 19.9 Å². The minimum atomic E-state index is -0.449. The van der Waals surface area contributed by atoms with E-state index in [1.165, 1.54) is 44.5 Å². The van der Waals surface area contributed by atoms with Crippen LogP contribution in [0.15, 0.2) is 158 Å². The van der Waals surface area contributed by atoms with Crippen LogP contribution >= 0.6 is 0 Å². The second kappa shape index (κ2) is 11.3. The molecule has 2 aliphatic carbocycles. The maximum absolute atomic E-state index is 5.27. The zero-order valence-electron chi connectivity index (χ0n) is 28.3. The van der Waals surface area contributed by atoms with Gasteiger partial charge in [0.1, 0.15) is 0 Å². The average molecular weight is 653 g/mol. The molecule has 0 bridgehead atoms. The van der Waals surface area contributed by atoms with E-state index in [2.05, 4.69) is 140 Å². The number of rotatable bonds is 4. The summed E-state index contributed by atoms with van der Waals surface area (Å²) in [5, 5.41) is 0. The van der Waals surface area contributed by atoms with Gasteiger partial charge in [-0.05, 0) is 76.1 Å². The van der Waals surface area contributed by atoms with E-state index < -0.39 is 5.41 Å². The van der Waals surface area contributed by atoms with E-state index in [-0.39, 0.29) is 0 Å². The molecule has 0 saturated carbocycles. The predicted octanol–water partition coefficient (Wildman–Crippen LogP) is 10.9. The smallest absolute Gasteiger partial charge is 0.164 e. The fourth-order valence-corrected chi connectivity index (χ4v) is 8.46. The van der Waals surface area contributed by atoms with Crippen LogP contribution in [0.4, 0.5) is 0 Å². The SMILES string of the molecule is Cc1ccc(-c2ccccc2-c2nc(-c3ccccc3)nc(-c3ccc4c(c3)C3(c5ccccc5-c5ccccc53)c3ccccc3-4)n2)c(C)n1. The molecular formula is C47H32N4. The zero-order chi connectivity index (χ0) is 34.1. The Balaban J connectivity index is 1.23. The van der Waals surface area contributed by atoms with Crippen LogP contribution in [0.1, 0.15) is 33.6 Å². The van der Waals surface area contributed by atoms with E-state index in [1.807, 2.05) is 31.2 Å². The minimum Gasteiger partial charge on any atom is -0.258 e. The lowest BCUT2D eigenvalue weighted by molar-refractivity contribution is 0.794. The number of hydrogen-bond acceptors (Lipinski definition) is 4. The van der Waals surface area contributed by atoms with E-state index in [0.29, 0.717) is 17.5 Å². The van der Waals surface area contributed by atoms with Crippen LogP contribution < -0.4 is 0 Å².